The van der Waals surface area contributed by atoms with E-state index in [2.05, 4.69) is 18.3 Å². The molecule has 198 valence electrons. The van der Waals surface area contributed by atoms with Crippen LogP contribution >= 0.6 is 0 Å². The van der Waals surface area contributed by atoms with Gasteiger partial charge in [-0.3, -0.25) is 14.4 Å². The molecule has 0 aromatic carbocycles. The first-order chi connectivity index (χ1) is 16.4. The lowest BCUT2D eigenvalue weighted by Crippen LogP contribution is -2.40. The van der Waals surface area contributed by atoms with E-state index in [1.165, 1.54) is 18.4 Å². The fourth-order valence-corrected chi connectivity index (χ4v) is 4.01. The molecule has 35 heavy (non-hydrogen) atoms. The molecule has 1 aliphatic carbocycles. The van der Waals surface area contributed by atoms with Gasteiger partial charge in [0.2, 0.25) is 5.91 Å². The zero-order chi connectivity index (χ0) is 26.1. The normalized spacial score (nSPS) is 21.2. The zero-order valence-electron chi connectivity index (χ0n) is 21.9. The van der Waals surface area contributed by atoms with E-state index in [9.17, 15) is 19.2 Å². The highest BCUT2D eigenvalue weighted by Crippen LogP contribution is 2.25. The first kappa shape index (κ1) is 29.0. The summed E-state index contributed by atoms with van der Waals surface area (Å²) in [7, 11) is 0. The SMILES string of the molecule is C/C1=C/CCCCCC1OCC(=O)NCC(C)(C)COCC(C)(C)CC(=O)ON1C(=O)CCC1=O. The minimum absolute atomic E-state index is 0.00636. The third-order valence-electron chi connectivity index (χ3n) is 6.13. The van der Waals surface area contributed by atoms with Crippen LogP contribution in [0.15, 0.2) is 11.6 Å². The number of allylic oxidation sites excluding steroid dienone is 1. The molecule has 1 unspecified atom stereocenters. The second-order valence-electron chi connectivity index (χ2n) is 11.2. The molecule has 9 heteroatoms. The maximum atomic E-state index is 12.3. The highest BCUT2D eigenvalue weighted by atomic mass is 16.7. The summed E-state index contributed by atoms with van der Waals surface area (Å²) in [6, 6.07) is 0. The molecule has 1 heterocycles. The minimum Gasteiger partial charge on any atom is -0.380 e. The smallest absolute Gasteiger partial charge is 0.333 e. The van der Waals surface area contributed by atoms with Crippen molar-refractivity contribution in [2.75, 3.05) is 26.4 Å². The third-order valence-corrected chi connectivity index (χ3v) is 6.13. The first-order valence-corrected chi connectivity index (χ1v) is 12.6. The predicted molar refractivity (Wildman–Crippen MR) is 130 cm³/mol. The Kier molecular flexibility index (Phi) is 10.9. The second-order valence-corrected chi connectivity index (χ2v) is 11.2. The fraction of sp³-hybridized carbons (Fsp3) is 0.769. The molecular weight excluding hydrogens is 452 g/mol. The molecule has 0 aromatic heterocycles. The van der Waals surface area contributed by atoms with Gasteiger partial charge in [0.25, 0.3) is 11.8 Å². The number of carbonyl (C=O) groups is 4. The number of hydrogen-bond donors (Lipinski definition) is 1. The molecule has 0 aromatic rings. The zero-order valence-corrected chi connectivity index (χ0v) is 21.9. The third kappa shape index (κ3) is 10.5. The Hall–Kier alpha value is -2.26. The van der Waals surface area contributed by atoms with Crippen molar-refractivity contribution in [1.29, 1.82) is 0 Å². The monoisotopic (exact) mass is 494 g/mol. The summed E-state index contributed by atoms with van der Waals surface area (Å²) in [4.78, 5) is 52.7. The van der Waals surface area contributed by atoms with Crippen molar-refractivity contribution < 1.29 is 33.5 Å². The van der Waals surface area contributed by atoms with Crippen molar-refractivity contribution in [3.8, 4) is 0 Å². The number of ether oxygens (including phenoxy) is 2. The Labute approximate surface area is 208 Å². The van der Waals surface area contributed by atoms with Crippen molar-refractivity contribution in [3.63, 3.8) is 0 Å². The summed E-state index contributed by atoms with van der Waals surface area (Å²) in [5.41, 5.74) is 0.326. The van der Waals surface area contributed by atoms with Gasteiger partial charge in [0.15, 0.2) is 0 Å². The maximum Gasteiger partial charge on any atom is 0.333 e. The van der Waals surface area contributed by atoms with Gasteiger partial charge in [0.1, 0.15) is 6.61 Å². The van der Waals surface area contributed by atoms with Crippen LogP contribution in [0.4, 0.5) is 0 Å². The highest BCUT2D eigenvalue weighted by molar-refractivity contribution is 6.01. The molecule has 0 bridgehead atoms. The van der Waals surface area contributed by atoms with Crippen LogP contribution in [-0.4, -0.2) is 61.2 Å². The van der Waals surface area contributed by atoms with Gasteiger partial charge in [-0.25, -0.2) is 4.79 Å². The molecule has 2 aliphatic rings. The van der Waals surface area contributed by atoms with Gasteiger partial charge in [0, 0.05) is 24.8 Å². The minimum atomic E-state index is -0.650. The molecule has 2 rings (SSSR count). The standard InChI is InChI=1S/C26H42N2O7/c1-19-10-8-6-7-9-11-20(19)34-15-21(29)27-16-26(4,5)18-33-17-25(2,3)14-24(32)35-28-22(30)12-13-23(28)31/h10,20H,6-9,11-18H2,1-5H3,(H,27,29)/b19-10-. The van der Waals surface area contributed by atoms with Crippen LogP contribution in [-0.2, 0) is 33.5 Å². The van der Waals surface area contributed by atoms with Gasteiger partial charge in [-0.2, -0.15) is 0 Å². The van der Waals surface area contributed by atoms with E-state index in [0.29, 0.717) is 18.2 Å². The van der Waals surface area contributed by atoms with E-state index in [-0.39, 0.29) is 49.9 Å². The van der Waals surface area contributed by atoms with Crippen LogP contribution in [0.3, 0.4) is 0 Å². The van der Waals surface area contributed by atoms with Gasteiger partial charge in [-0.15, -0.1) is 5.06 Å². The number of imide groups is 1. The van der Waals surface area contributed by atoms with E-state index in [4.69, 9.17) is 14.3 Å². The summed E-state index contributed by atoms with van der Waals surface area (Å²) in [5.74, 6) is -1.80. The van der Waals surface area contributed by atoms with Crippen LogP contribution in [0.2, 0.25) is 0 Å². The Morgan fingerprint density at radius 2 is 1.69 bits per heavy atom. The largest absolute Gasteiger partial charge is 0.380 e. The molecule has 0 spiro atoms. The maximum absolute atomic E-state index is 12.3. The van der Waals surface area contributed by atoms with Gasteiger partial charge in [-0.05, 0) is 37.2 Å². The Bertz CT molecular complexity index is 788. The predicted octanol–water partition coefficient (Wildman–Crippen LogP) is 3.46. The summed E-state index contributed by atoms with van der Waals surface area (Å²) >= 11 is 0. The number of amides is 3. The first-order valence-electron chi connectivity index (χ1n) is 12.6. The van der Waals surface area contributed by atoms with Crippen LogP contribution < -0.4 is 5.32 Å². The molecule has 1 aliphatic heterocycles. The Morgan fingerprint density at radius 1 is 1.03 bits per heavy atom. The number of hydroxylamine groups is 2. The van der Waals surface area contributed by atoms with Gasteiger partial charge < -0.3 is 19.6 Å². The quantitative estimate of drug-likeness (QED) is 0.327. The molecule has 0 radical (unpaired) electrons. The van der Waals surface area contributed by atoms with Crippen LogP contribution in [0.5, 0.6) is 0 Å². The van der Waals surface area contributed by atoms with Crippen molar-refractivity contribution in [2.45, 2.75) is 92.1 Å². The summed E-state index contributed by atoms with van der Waals surface area (Å²) in [6.45, 7) is 10.8. The second kappa shape index (κ2) is 13.2. The lowest BCUT2D eigenvalue weighted by atomic mass is 9.90. The summed E-state index contributed by atoms with van der Waals surface area (Å²) in [6.07, 6.45) is 7.88. The van der Waals surface area contributed by atoms with E-state index in [1.807, 2.05) is 27.7 Å². The number of nitrogens with zero attached hydrogens (tertiary/aromatic N) is 1. The average molecular weight is 495 g/mol. The number of hydrogen-bond acceptors (Lipinski definition) is 7. The van der Waals surface area contributed by atoms with E-state index >= 15 is 0 Å². The molecule has 0 saturated carbocycles. The van der Waals surface area contributed by atoms with Crippen LogP contribution in [0, 0.1) is 10.8 Å². The lowest BCUT2D eigenvalue weighted by Gasteiger charge is -2.29. The van der Waals surface area contributed by atoms with Gasteiger partial charge in [-0.1, -0.05) is 46.6 Å². The van der Waals surface area contributed by atoms with Crippen molar-refractivity contribution in [1.82, 2.24) is 10.4 Å². The number of carbonyl (C=O) groups excluding carboxylic acids is 4. The fourth-order valence-electron chi connectivity index (χ4n) is 4.01. The van der Waals surface area contributed by atoms with Crippen molar-refractivity contribution >= 4 is 23.7 Å². The molecule has 1 N–H and O–H groups in total. The van der Waals surface area contributed by atoms with Crippen molar-refractivity contribution in [2.24, 2.45) is 10.8 Å². The number of nitrogens with one attached hydrogen (secondary N) is 1. The Balaban J connectivity index is 1.67. The molecule has 1 fully saturated rings. The summed E-state index contributed by atoms with van der Waals surface area (Å²) < 4.78 is 11.7. The molecular formula is C26H42N2O7. The lowest BCUT2D eigenvalue weighted by molar-refractivity contribution is -0.199. The van der Waals surface area contributed by atoms with Gasteiger partial charge in [0.05, 0.1) is 25.7 Å². The Morgan fingerprint density at radius 3 is 2.37 bits per heavy atom. The van der Waals surface area contributed by atoms with E-state index in [1.54, 1.807) is 0 Å². The number of rotatable bonds is 12. The molecule has 9 nitrogen and oxygen atoms in total. The molecule has 1 atom stereocenters. The molecule has 1 saturated heterocycles. The summed E-state index contributed by atoms with van der Waals surface area (Å²) in [5, 5.41) is 3.49. The van der Waals surface area contributed by atoms with Crippen molar-refractivity contribution in [3.05, 3.63) is 11.6 Å². The average Bonchev–Trinajstić information content (AvgIpc) is 3.06. The van der Waals surface area contributed by atoms with Crippen LogP contribution in [0.25, 0.3) is 0 Å². The molecule has 3 amide bonds. The van der Waals surface area contributed by atoms with Gasteiger partial charge >= 0.3 is 5.97 Å². The topological polar surface area (TPSA) is 111 Å². The van der Waals surface area contributed by atoms with E-state index in [0.717, 1.165) is 19.3 Å². The highest BCUT2D eigenvalue weighted by Gasteiger charge is 2.34. The van der Waals surface area contributed by atoms with Crippen LogP contribution in [0.1, 0.15) is 86.0 Å². The van der Waals surface area contributed by atoms with E-state index < -0.39 is 23.2 Å².